The van der Waals surface area contributed by atoms with Gasteiger partial charge in [0.15, 0.2) is 5.65 Å². The number of rotatable bonds is 5. The number of urea groups is 1. The van der Waals surface area contributed by atoms with E-state index in [1.165, 1.54) is 37.6 Å². The highest BCUT2D eigenvalue weighted by Gasteiger charge is 2.31. The minimum absolute atomic E-state index is 0. The minimum Gasteiger partial charge on any atom is -0.456 e. The third kappa shape index (κ3) is 7.22. The molecule has 0 aliphatic heterocycles. The number of pyridine rings is 1. The maximum atomic E-state index is 13.8. The second-order valence-electron chi connectivity index (χ2n) is 7.14. The zero-order valence-corrected chi connectivity index (χ0v) is 19.5. The van der Waals surface area contributed by atoms with Gasteiger partial charge in [-0.05, 0) is 42.5 Å². The summed E-state index contributed by atoms with van der Waals surface area (Å²) in [5, 5.41) is 6.82. The third-order valence-corrected chi connectivity index (χ3v) is 4.61. The van der Waals surface area contributed by atoms with Crippen LogP contribution < -0.4 is 20.7 Å². The van der Waals surface area contributed by atoms with Crippen molar-refractivity contribution in [3.05, 3.63) is 66.1 Å². The van der Waals surface area contributed by atoms with Gasteiger partial charge in [0.25, 0.3) is 0 Å². The van der Waals surface area contributed by atoms with Crippen LogP contribution in [0.4, 0.5) is 44.5 Å². The van der Waals surface area contributed by atoms with E-state index in [4.69, 9.17) is 4.74 Å². The topological polar surface area (TPSA) is 130 Å². The number of nitrogens with one attached hydrogen (secondary N) is 4. The number of carbonyl (C=O) groups is 2. The Kier molecular flexibility index (Phi) is 9.44. The fourth-order valence-electron chi connectivity index (χ4n) is 2.97. The molecular weight excluding hydrogens is 536 g/mol. The van der Waals surface area contributed by atoms with Crippen LogP contribution in [0, 0.1) is 5.82 Å². The first-order valence-electron chi connectivity index (χ1n) is 10.0. The fourth-order valence-corrected chi connectivity index (χ4v) is 2.97. The Morgan fingerprint density at radius 2 is 1.68 bits per heavy atom. The number of aromatic amines is 1. The van der Waals surface area contributed by atoms with Crippen molar-refractivity contribution in [1.82, 2.24) is 15.0 Å². The molecule has 0 aliphatic carbocycles. The fraction of sp³-hybridized carbons (Fsp3) is 0.130. The van der Waals surface area contributed by atoms with Gasteiger partial charge < -0.3 is 25.1 Å². The van der Waals surface area contributed by atoms with E-state index in [-0.39, 0.29) is 31.5 Å². The molecular formula is C23H21ClF4N6O4. The first-order valence-corrected chi connectivity index (χ1v) is 10.0. The smallest absolute Gasteiger partial charge is 0.416 e. The van der Waals surface area contributed by atoms with Crippen LogP contribution in [-0.4, -0.2) is 34.2 Å². The van der Waals surface area contributed by atoms with Crippen LogP contribution in [0.25, 0.3) is 11.2 Å². The second-order valence-corrected chi connectivity index (χ2v) is 7.14. The summed E-state index contributed by atoms with van der Waals surface area (Å²) in [6.07, 6.45) is -3.97. The van der Waals surface area contributed by atoms with Gasteiger partial charge in [0.2, 0.25) is 5.95 Å². The van der Waals surface area contributed by atoms with Gasteiger partial charge in [0.05, 0.1) is 30.1 Å². The first kappa shape index (κ1) is 29.6. The van der Waals surface area contributed by atoms with Crippen molar-refractivity contribution in [2.24, 2.45) is 0 Å². The normalized spacial score (nSPS) is 10.6. The number of alkyl halides is 3. The average Bonchev–Trinajstić information content (AvgIpc) is 3.22. The number of methoxy groups -OCH3 is 1. The highest BCUT2D eigenvalue weighted by Crippen LogP contribution is 2.32. The molecule has 0 spiro atoms. The first-order chi connectivity index (χ1) is 17.1. The Balaban J connectivity index is 0.00000253. The van der Waals surface area contributed by atoms with E-state index in [0.717, 1.165) is 0 Å². The molecule has 4 aromatic rings. The molecule has 15 heteroatoms. The van der Waals surface area contributed by atoms with Crippen LogP contribution in [0.2, 0.25) is 0 Å². The number of halogens is 5. The highest BCUT2D eigenvalue weighted by molar-refractivity contribution is 5.99. The largest absolute Gasteiger partial charge is 0.456 e. The number of amides is 3. The molecule has 0 fully saturated rings. The quantitative estimate of drug-likeness (QED) is 0.200. The molecule has 3 amide bonds. The molecule has 0 radical (unpaired) electrons. The standard InChI is InChI=1S/C22H16F4N6O4.CH4.ClH/c1-35-21(34)32-19-29-17-9-14(10-27-18(17)31-19)36-13-5-3-12(4-6-13)28-20(33)30-16-8-11(22(24,25)26)2-7-15(16)23;;/h2-10H,1H3,(H2,28,30,33)(H2,27,29,31,32,34);1H4;1H. The van der Waals surface area contributed by atoms with Gasteiger partial charge >= 0.3 is 18.3 Å². The lowest BCUT2D eigenvalue weighted by Gasteiger charge is -2.12. The van der Waals surface area contributed by atoms with Crippen molar-refractivity contribution in [3.8, 4) is 11.5 Å². The lowest BCUT2D eigenvalue weighted by molar-refractivity contribution is -0.137. The maximum absolute atomic E-state index is 13.8. The second kappa shape index (κ2) is 12.1. The predicted octanol–water partition coefficient (Wildman–Crippen LogP) is 6.79. The predicted molar refractivity (Wildman–Crippen MR) is 134 cm³/mol. The molecule has 0 bridgehead atoms. The molecule has 2 aromatic carbocycles. The lowest BCUT2D eigenvalue weighted by atomic mass is 10.2. The molecule has 202 valence electrons. The number of fused-ring (bicyclic) bond motifs is 1. The third-order valence-electron chi connectivity index (χ3n) is 4.61. The maximum Gasteiger partial charge on any atom is 0.416 e. The summed E-state index contributed by atoms with van der Waals surface area (Å²) in [5.74, 6) is -0.161. The van der Waals surface area contributed by atoms with E-state index in [1.807, 2.05) is 0 Å². The summed E-state index contributed by atoms with van der Waals surface area (Å²) < 4.78 is 62.5. The summed E-state index contributed by atoms with van der Waals surface area (Å²) in [7, 11) is 1.21. The van der Waals surface area contributed by atoms with E-state index < -0.39 is 35.4 Å². The summed E-state index contributed by atoms with van der Waals surface area (Å²) >= 11 is 0. The summed E-state index contributed by atoms with van der Waals surface area (Å²) in [6.45, 7) is 0. The van der Waals surface area contributed by atoms with Crippen molar-refractivity contribution in [2.75, 3.05) is 23.1 Å². The molecule has 38 heavy (non-hydrogen) atoms. The molecule has 0 aliphatic rings. The van der Waals surface area contributed by atoms with E-state index in [9.17, 15) is 27.2 Å². The number of anilines is 3. The molecule has 4 N–H and O–H groups in total. The van der Waals surface area contributed by atoms with Crippen LogP contribution in [0.1, 0.15) is 13.0 Å². The Morgan fingerprint density at radius 1 is 0.974 bits per heavy atom. The summed E-state index contributed by atoms with van der Waals surface area (Å²) in [5.41, 5.74) is -0.631. The SMILES string of the molecule is C.COC(=O)Nc1nc2ncc(Oc3ccc(NC(=O)Nc4cc(C(F)(F)F)ccc4F)cc3)cc2[nH]1.Cl. The van der Waals surface area contributed by atoms with E-state index >= 15 is 0 Å². The van der Waals surface area contributed by atoms with Gasteiger partial charge in [-0.25, -0.2) is 19.0 Å². The number of imidazole rings is 1. The van der Waals surface area contributed by atoms with Gasteiger partial charge in [-0.3, -0.25) is 5.32 Å². The molecule has 2 heterocycles. The zero-order chi connectivity index (χ0) is 25.9. The number of hydrogen-bond donors (Lipinski definition) is 4. The number of aromatic nitrogens is 3. The zero-order valence-electron chi connectivity index (χ0n) is 18.6. The number of benzene rings is 2. The molecule has 0 saturated carbocycles. The van der Waals surface area contributed by atoms with Gasteiger partial charge in [0, 0.05) is 11.8 Å². The Hall–Kier alpha value is -4.59. The van der Waals surface area contributed by atoms with Crippen molar-refractivity contribution in [1.29, 1.82) is 0 Å². The molecule has 10 nitrogen and oxygen atoms in total. The van der Waals surface area contributed by atoms with Crippen LogP contribution >= 0.6 is 12.4 Å². The summed E-state index contributed by atoms with van der Waals surface area (Å²) in [4.78, 5) is 34.5. The molecule has 2 aromatic heterocycles. The van der Waals surface area contributed by atoms with Crippen LogP contribution in [-0.2, 0) is 10.9 Å². The molecule has 0 unspecified atom stereocenters. The Bertz CT molecular complexity index is 1430. The molecule has 0 saturated heterocycles. The highest BCUT2D eigenvalue weighted by atomic mass is 35.5. The van der Waals surface area contributed by atoms with E-state index in [2.05, 4.69) is 35.6 Å². The van der Waals surface area contributed by atoms with Crippen LogP contribution in [0.3, 0.4) is 0 Å². The van der Waals surface area contributed by atoms with Crippen molar-refractivity contribution >= 4 is 53.0 Å². The number of carbonyl (C=O) groups excluding carboxylic acids is 2. The van der Waals surface area contributed by atoms with Crippen LogP contribution in [0.5, 0.6) is 11.5 Å². The van der Waals surface area contributed by atoms with Crippen molar-refractivity contribution < 1.29 is 36.6 Å². The molecule has 0 atom stereocenters. The summed E-state index contributed by atoms with van der Waals surface area (Å²) in [6, 6.07) is 8.34. The number of ether oxygens (including phenoxy) is 2. The van der Waals surface area contributed by atoms with Crippen LogP contribution in [0.15, 0.2) is 54.7 Å². The monoisotopic (exact) mass is 556 g/mol. The minimum atomic E-state index is -4.68. The Morgan fingerprint density at radius 3 is 2.34 bits per heavy atom. The van der Waals surface area contributed by atoms with Gasteiger partial charge in [-0.15, -0.1) is 12.4 Å². The van der Waals surface area contributed by atoms with Gasteiger partial charge in [-0.1, -0.05) is 7.43 Å². The van der Waals surface area contributed by atoms with E-state index in [1.54, 1.807) is 6.07 Å². The molecule has 4 rings (SSSR count). The van der Waals surface area contributed by atoms with Crippen molar-refractivity contribution in [2.45, 2.75) is 13.6 Å². The average molecular weight is 557 g/mol. The van der Waals surface area contributed by atoms with Gasteiger partial charge in [0.1, 0.15) is 17.3 Å². The number of H-pyrrole nitrogens is 1. The Labute approximate surface area is 219 Å². The lowest BCUT2D eigenvalue weighted by Crippen LogP contribution is -2.20. The number of hydrogen-bond acceptors (Lipinski definition) is 6. The van der Waals surface area contributed by atoms with E-state index in [0.29, 0.717) is 40.9 Å². The number of nitrogens with zero attached hydrogens (tertiary/aromatic N) is 2. The van der Waals surface area contributed by atoms with Crippen molar-refractivity contribution in [3.63, 3.8) is 0 Å². The van der Waals surface area contributed by atoms with Gasteiger partial charge in [-0.2, -0.15) is 18.2 Å².